The SMILES string of the molecule is COc1c(Br)cc2cn([C@H]3CC[C@H](COC(C)=O)CC3)nc2c1I. The summed E-state index contributed by atoms with van der Waals surface area (Å²) in [6.07, 6.45) is 6.39. The number of esters is 1. The minimum Gasteiger partial charge on any atom is -0.494 e. The van der Waals surface area contributed by atoms with Crippen molar-refractivity contribution >= 4 is 55.4 Å². The van der Waals surface area contributed by atoms with Crippen molar-refractivity contribution in [3.8, 4) is 5.75 Å². The van der Waals surface area contributed by atoms with E-state index in [0.29, 0.717) is 18.6 Å². The molecule has 0 bridgehead atoms. The van der Waals surface area contributed by atoms with Crippen LogP contribution in [0.15, 0.2) is 16.7 Å². The number of halogens is 2. The summed E-state index contributed by atoms with van der Waals surface area (Å²) in [7, 11) is 1.68. The van der Waals surface area contributed by atoms with Crippen LogP contribution < -0.4 is 4.74 Å². The van der Waals surface area contributed by atoms with E-state index in [2.05, 4.69) is 55.5 Å². The van der Waals surface area contributed by atoms with E-state index in [-0.39, 0.29) is 5.97 Å². The van der Waals surface area contributed by atoms with Crippen LogP contribution in [-0.2, 0) is 9.53 Å². The second-order valence-corrected chi connectivity index (χ2v) is 8.16. The van der Waals surface area contributed by atoms with Crippen molar-refractivity contribution in [2.24, 2.45) is 5.92 Å². The molecule has 0 radical (unpaired) electrons. The first-order valence-electron chi connectivity index (χ1n) is 8.03. The third-order valence-electron chi connectivity index (χ3n) is 4.58. The average molecular weight is 507 g/mol. The Bertz CT molecular complexity index is 754. The molecule has 0 saturated heterocycles. The number of ether oxygens (including phenoxy) is 2. The Morgan fingerprint density at radius 1 is 1.42 bits per heavy atom. The number of methoxy groups -OCH3 is 1. The molecule has 0 spiro atoms. The average Bonchev–Trinajstić information content (AvgIpc) is 2.98. The van der Waals surface area contributed by atoms with E-state index in [1.54, 1.807) is 7.11 Å². The molecule has 1 saturated carbocycles. The molecule has 1 aromatic heterocycles. The van der Waals surface area contributed by atoms with E-state index in [4.69, 9.17) is 14.6 Å². The van der Waals surface area contributed by atoms with Gasteiger partial charge in [-0.15, -0.1) is 0 Å². The summed E-state index contributed by atoms with van der Waals surface area (Å²) in [6.45, 7) is 2.01. The Hall–Kier alpha value is -0.830. The predicted octanol–water partition coefficient (Wildman–Crippen LogP) is 4.71. The van der Waals surface area contributed by atoms with Gasteiger partial charge >= 0.3 is 5.97 Å². The topological polar surface area (TPSA) is 53.4 Å². The molecule has 24 heavy (non-hydrogen) atoms. The highest BCUT2D eigenvalue weighted by Crippen LogP contribution is 2.38. The lowest BCUT2D eigenvalue weighted by atomic mass is 9.86. The Kier molecular flexibility index (Phi) is 5.69. The maximum absolute atomic E-state index is 10.9. The molecule has 130 valence electrons. The van der Waals surface area contributed by atoms with Crippen molar-refractivity contribution in [2.75, 3.05) is 13.7 Å². The van der Waals surface area contributed by atoms with Gasteiger partial charge in [-0.05, 0) is 76.2 Å². The van der Waals surface area contributed by atoms with Crippen LogP contribution in [0.1, 0.15) is 38.6 Å². The number of rotatable bonds is 4. The van der Waals surface area contributed by atoms with Crippen LogP contribution in [0.3, 0.4) is 0 Å². The standard InChI is InChI=1S/C17H20BrIN2O3/c1-10(22)24-9-11-3-5-13(6-4-11)21-8-12-7-14(18)17(23-2)15(19)16(12)20-21/h7-8,11,13H,3-6,9H2,1-2H3/t11-,13-. The summed E-state index contributed by atoms with van der Waals surface area (Å²) in [5.41, 5.74) is 0.984. The molecule has 1 heterocycles. The van der Waals surface area contributed by atoms with Crippen molar-refractivity contribution in [3.63, 3.8) is 0 Å². The van der Waals surface area contributed by atoms with Crippen LogP contribution in [0.2, 0.25) is 0 Å². The smallest absolute Gasteiger partial charge is 0.302 e. The van der Waals surface area contributed by atoms with Gasteiger partial charge in [-0.2, -0.15) is 5.10 Å². The molecule has 1 fully saturated rings. The number of aromatic nitrogens is 2. The van der Waals surface area contributed by atoms with E-state index in [0.717, 1.165) is 50.4 Å². The molecule has 0 aliphatic heterocycles. The first kappa shape index (κ1) is 18.0. The molecule has 0 N–H and O–H groups in total. The monoisotopic (exact) mass is 506 g/mol. The van der Waals surface area contributed by atoms with Crippen molar-refractivity contribution in [1.29, 1.82) is 0 Å². The van der Waals surface area contributed by atoms with Gasteiger partial charge in [-0.25, -0.2) is 0 Å². The third kappa shape index (κ3) is 3.71. The lowest BCUT2D eigenvalue weighted by Gasteiger charge is -2.28. The molecule has 5 nitrogen and oxygen atoms in total. The summed E-state index contributed by atoms with van der Waals surface area (Å²) in [4.78, 5) is 10.9. The van der Waals surface area contributed by atoms with Crippen LogP contribution >= 0.6 is 38.5 Å². The van der Waals surface area contributed by atoms with Crippen LogP contribution in [0.4, 0.5) is 0 Å². The van der Waals surface area contributed by atoms with Crippen LogP contribution in [-0.4, -0.2) is 29.5 Å². The Morgan fingerprint density at radius 2 is 2.12 bits per heavy atom. The van der Waals surface area contributed by atoms with E-state index in [1.165, 1.54) is 6.92 Å². The van der Waals surface area contributed by atoms with Crippen molar-refractivity contribution in [1.82, 2.24) is 9.78 Å². The molecule has 1 aliphatic rings. The molecular formula is C17H20BrIN2O3. The van der Waals surface area contributed by atoms with Gasteiger partial charge in [0.25, 0.3) is 0 Å². The summed E-state index contributed by atoms with van der Waals surface area (Å²) in [5.74, 6) is 1.12. The maximum atomic E-state index is 10.9. The molecule has 0 amide bonds. The number of hydrogen-bond acceptors (Lipinski definition) is 4. The third-order valence-corrected chi connectivity index (χ3v) is 6.17. The number of carbonyl (C=O) groups is 1. The van der Waals surface area contributed by atoms with Crippen molar-refractivity contribution in [2.45, 2.75) is 38.6 Å². The van der Waals surface area contributed by atoms with Crippen LogP contribution in [0, 0.1) is 9.49 Å². The van der Waals surface area contributed by atoms with Crippen LogP contribution in [0.5, 0.6) is 5.75 Å². The van der Waals surface area contributed by atoms with E-state index < -0.39 is 0 Å². The number of nitrogens with zero attached hydrogens (tertiary/aromatic N) is 2. The van der Waals surface area contributed by atoms with Gasteiger partial charge in [0.05, 0.1) is 27.8 Å². The largest absolute Gasteiger partial charge is 0.494 e. The molecule has 1 aromatic carbocycles. The fourth-order valence-electron chi connectivity index (χ4n) is 3.28. The van der Waals surface area contributed by atoms with Gasteiger partial charge in [-0.1, -0.05) is 0 Å². The second-order valence-electron chi connectivity index (χ2n) is 6.23. The lowest BCUT2D eigenvalue weighted by molar-refractivity contribution is -0.142. The normalized spacial score (nSPS) is 21.0. The first-order chi connectivity index (χ1) is 11.5. The zero-order valence-corrected chi connectivity index (χ0v) is 17.5. The maximum Gasteiger partial charge on any atom is 0.302 e. The zero-order chi connectivity index (χ0) is 17.3. The first-order valence-corrected chi connectivity index (χ1v) is 9.91. The van der Waals surface area contributed by atoms with Gasteiger partial charge in [-0.3, -0.25) is 9.48 Å². The lowest BCUT2D eigenvalue weighted by Crippen LogP contribution is -2.22. The number of hydrogen-bond donors (Lipinski definition) is 0. The zero-order valence-electron chi connectivity index (χ0n) is 13.7. The Morgan fingerprint density at radius 3 is 2.75 bits per heavy atom. The molecule has 0 unspecified atom stereocenters. The Balaban J connectivity index is 1.74. The minimum absolute atomic E-state index is 0.190. The quantitative estimate of drug-likeness (QED) is 0.445. The molecule has 3 rings (SSSR count). The molecule has 1 aliphatic carbocycles. The van der Waals surface area contributed by atoms with Gasteiger partial charge in [0.2, 0.25) is 0 Å². The summed E-state index contributed by atoms with van der Waals surface area (Å²) in [6, 6.07) is 2.47. The summed E-state index contributed by atoms with van der Waals surface area (Å²) >= 11 is 5.85. The van der Waals surface area contributed by atoms with E-state index in [9.17, 15) is 4.79 Å². The highest BCUT2D eigenvalue weighted by molar-refractivity contribution is 14.1. The van der Waals surface area contributed by atoms with Gasteiger partial charge in [0.15, 0.2) is 0 Å². The fraction of sp³-hybridized carbons (Fsp3) is 0.529. The van der Waals surface area contributed by atoms with Crippen LogP contribution in [0.25, 0.3) is 10.9 Å². The van der Waals surface area contributed by atoms with E-state index >= 15 is 0 Å². The molecule has 2 aromatic rings. The van der Waals surface area contributed by atoms with Crippen molar-refractivity contribution in [3.05, 3.63) is 20.3 Å². The number of benzene rings is 1. The fourth-order valence-corrected chi connectivity index (χ4v) is 5.19. The summed E-state index contributed by atoms with van der Waals surface area (Å²) in [5, 5.41) is 5.93. The van der Waals surface area contributed by atoms with Gasteiger partial charge in [0, 0.05) is 18.5 Å². The highest BCUT2D eigenvalue weighted by Gasteiger charge is 2.24. The molecule has 0 atom stereocenters. The second kappa shape index (κ2) is 7.59. The number of carbonyl (C=O) groups excluding carboxylic acids is 1. The van der Waals surface area contributed by atoms with Gasteiger partial charge in [0.1, 0.15) is 11.3 Å². The highest BCUT2D eigenvalue weighted by atomic mass is 127. The van der Waals surface area contributed by atoms with Gasteiger partial charge < -0.3 is 9.47 Å². The van der Waals surface area contributed by atoms with Crippen molar-refractivity contribution < 1.29 is 14.3 Å². The Labute approximate surface area is 163 Å². The number of fused-ring (bicyclic) bond motifs is 1. The summed E-state index contributed by atoms with van der Waals surface area (Å²) < 4.78 is 14.7. The van der Waals surface area contributed by atoms with E-state index in [1.807, 2.05) is 0 Å². The molecular weight excluding hydrogens is 487 g/mol. The minimum atomic E-state index is -0.190. The predicted molar refractivity (Wildman–Crippen MR) is 104 cm³/mol. The molecule has 7 heteroatoms.